The van der Waals surface area contributed by atoms with Gasteiger partial charge in [-0.1, -0.05) is 0 Å². The lowest BCUT2D eigenvalue weighted by molar-refractivity contribution is 0.685. The molecule has 5 heteroatoms. The molecule has 15 heavy (non-hydrogen) atoms. The number of nitrogens with one attached hydrogen (secondary N) is 1. The first-order valence-corrected chi connectivity index (χ1v) is 5.72. The zero-order chi connectivity index (χ0) is 10.7. The minimum absolute atomic E-state index is 0.815. The van der Waals surface area contributed by atoms with E-state index < -0.39 is 0 Å². The maximum Gasteiger partial charge on any atom is 0.0794 e. The van der Waals surface area contributed by atoms with Crippen molar-refractivity contribution < 1.29 is 0 Å². The third kappa shape index (κ3) is 2.43. The average molecular weight is 222 g/mol. The van der Waals surface area contributed by atoms with Crippen LogP contribution in [0.1, 0.15) is 16.1 Å². The molecule has 0 fully saturated rings. The average Bonchev–Trinajstić information content (AvgIpc) is 2.79. The molecular formula is C10H14N4S. The fourth-order valence-corrected chi connectivity index (χ4v) is 2.07. The molecule has 0 unspecified atom stereocenters. The second kappa shape index (κ2) is 4.55. The van der Waals surface area contributed by atoms with Crippen molar-refractivity contribution in [2.45, 2.75) is 20.0 Å². The Morgan fingerprint density at radius 1 is 1.53 bits per heavy atom. The van der Waals surface area contributed by atoms with Crippen LogP contribution in [0.3, 0.4) is 0 Å². The zero-order valence-electron chi connectivity index (χ0n) is 8.90. The Balaban J connectivity index is 2.12. The van der Waals surface area contributed by atoms with E-state index in [2.05, 4.69) is 21.6 Å². The Morgan fingerprint density at radius 2 is 2.40 bits per heavy atom. The van der Waals surface area contributed by atoms with E-state index in [1.165, 1.54) is 10.4 Å². The maximum absolute atomic E-state index is 4.46. The fraction of sp³-hybridized carbons (Fsp3) is 0.400. The number of hydrogen-bond donors (Lipinski definition) is 1. The van der Waals surface area contributed by atoms with E-state index in [-0.39, 0.29) is 0 Å². The molecule has 0 aromatic carbocycles. The van der Waals surface area contributed by atoms with E-state index in [9.17, 15) is 0 Å². The normalized spacial score (nSPS) is 10.8. The van der Waals surface area contributed by atoms with Crippen LogP contribution in [0, 0.1) is 6.92 Å². The minimum Gasteiger partial charge on any atom is -0.316 e. The summed E-state index contributed by atoms with van der Waals surface area (Å²) >= 11 is 1.66. The molecule has 1 N–H and O–H groups in total. The number of rotatable bonds is 4. The molecular weight excluding hydrogens is 208 g/mol. The third-order valence-electron chi connectivity index (χ3n) is 2.22. The zero-order valence-corrected chi connectivity index (χ0v) is 9.71. The second-order valence-corrected chi connectivity index (χ2v) is 4.41. The molecule has 2 aromatic heterocycles. The molecule has 2 aromatic rings. The second-order valence-electron chi connectivity index (χ2n) is 3.44. The van der Waals surface area contributed by atoms with Gasteiger partial charge in [-0.3, -0.25) is 9.67 Å². The van der Waals surface area contributed by atoms with Gasteiger partial charge >= 0.3 is 0 Å². The van der Waals surface area contributed by atoms with E-state index in [1.807, 2.05) is 30.4 Å². The van der Waals surface area contributed by atoms with Crippen LogP contribution in [0.25, 0.3) is 0 Å². The van der Waals surface area contributed by atoms with Crippen LogP contribution in [0.4, 0.5) is 0 Å². The van der Waals surface area contributed by atoms with Gasteiger partial charge in [0.05, 0.1) is 17.7 Å². The van der Waals surface area contributed by atoms with Crippen molar-refractivity contribution >= 4 is 11.3 Å². The fourth-order valence-electron chi connectivity index (χ4n) is 1.48. The summed E-state index contributed by atoms with van der Waals surface area (Å²) in [5.74, 6) is 0. The van der Waals surface area contributed by atoms with Crippen molar-refractivity contribution in [3.05, 3.63) is 34.0 Å². The predicted molar refractivity (Wildman–Crippen MR) is 60.9 cm³/mol. The van der Waals surface area contributed by atoms with Crippen LogP contribution in [0.2, 0.25) is 0 Å². The molecule has 4 nitrogen and oxygen atoms in total. The molecule has 80 valence electrons. The summed E-state index contributed by atoms with van der Waals surface area (Å²) in [7, 11) is 1.94. The van der Waals surface area contributed by atoms with Crippen molar-refractivity contribution in [3.63, 3.8) is 0 Å². The molecule has 0 spiro atoms. The van der Waals surface area contributed by atoms with E-state index in [4.69, 9.17) is 0 Å². The number of thiazole rings is 1. The van der Waals surface area contributed by atoms with Crippen LogP contribution >= 0.6 is 11.3 Å². The summed E-state index contributed by atoms with van der Waals surface area (Å²) in [5.41, 5.74) is 4.19. The van der Waals surface area contributed by atoms with Crippen molar-refractivity contribution in [1.29, 1.82) is 0 Å². The molecule has 0 aliphatic carbocycles. The number of hydrogen-bond acceptors (Lipinski definition) is 4. The predicted octanol–water partition coefficient (Wildman–Crippen LogP) is 1.42. The Kier molecular flexibility index (Phi) is 3.13. The molecule has 0 atom stereocenters. The first-order chi connectivity index (χ1) is 7.29. The lowest BCUT2D eigenvalue weighted by Crippen LogP contribution is -2.05. The molecule has 0 amide bonds. The summed E-state index contributed by atoms with van der Waals surface area (Å²) in [6, 6.07) is 0. The summed E-state index contributed by atoms with van der Waals surface area (Å²) < 4.78 is 1.97. The molecule has 0 radical (unpaired) electrons. The van der Waals surface area contributed by atoms with Crippen LogP contribution < -0.4 is 5.32 Å². The summed E-state index contributed by atoms with van der Waals surface area (Å²) in [6.07, 6.45) is 3.98. The SMILES string of the molecule is CNCc1cn(Cc2cncs2)nc1C. The highest BCUT2D eigenvalue weighted by atomic mass is 32.1. The Bertz CT molecular complexity index is 419. The van der Waals surface area contributed by atoms with Crippen LogP contribution in [-0.2, 0) is 13.1 Å². The van der Waals surface area contributed by atoms with Gasteiger partial charge in [0.2, 0.25) is 0 Å². The van der Waals surface area contributed by atoms with Crippen molar-refractivity contribution in [3.8, 4) is 0 Å². The lowest BCUT2D eigenvalue weighted by Gasteiger charge is -1.96. The van der Waals surface area contributed by atoms with Gasteiger partial charge in [0, 0.05) is 29.4 Å². The molecule has 0 saturated carbocycles. The Labute approximate surface area is 93.0 Å². The number of aryl methyl sites for hydroxylation is 1. The molecule has 2 heterocycles. The summed E-state index contributed by atoms with van der Waals surface area (Å²) in [5, 5.41) is 7.59. The van der Waals surface area contributed by atoms with Gasteiger partial charge in [-0.25, -0.2) is 0 Å². The van der Waals surface area contributed by atoms with Crippen molar-refractivity contribution in [2.24, 2.45) is 0 Å². The molecule has 0 aliphatic heterocycles. The van der Waals surface area contributed by atoms with Gasteiger partial charge in [0.25, 0.3) is 0 Å². The highest BCUT2D eigenvalue weighted by Crippen LogP contribution is 2.10. The highest BCUT2D eigenvalue weighted by Gasteiger charge is 2.04. The van der Waals surface area contributed by atoms with Gasteiger partial charge in [-0.15, -0.1) is 11.3 Å². The lowest BCUT2D eigenvalue weighted by atomic mass is 10.3. The van der Waals surface area contributed by atoms with Gasteiger partial charge < -0.3 is 5.32 Å². The van der Waals surface area contributed by atoms with Crippen LogP contribution in [0.5, 0.6) is 0 Å². The van der Waals surface area contributed by atoms with Gasteiger partial charge in [0.15, 0.2) is 0 Å². The van der Waals surface area contributed by atoms with Crippen LogP contribution in [0.15, 0.2) is 17.9 Å². The number of nitrogens with zero attached hydrogens (tertiary/aromatic N) is 3. The third-order valence-corrected chi connectivity index (χ3v) is 2.98. The maximum atomic E-state index is 4.46. The van der Waals surface area contributed by atoms with Gasteiger partial charge in [-0.05, 0) is 14.0 Å². The smallest absolute Gasteiger partial charge is 0.0794 e. The standard InChI is InChI=1S/C10H14N4S/c1-8-9(3-11-2)5-14(13-8)6-10-4-12-7-15-10/h4-5,7,11H,3,6H2,1-2H3. The summed E-state index contributed by atoms with van der Waals surface area (Å²) in [4.78, 5) is 5.28. The van der Waals surface area contributed by atoms with Crippen molar-refractivity contribution in [2.75, 3.05) is 7.05 Å². The van der Waals surface area contributed by atoms with E-state index in [0.29, 0.717) is 0 Å². The topological polar surface area (TPSA) is 42.7 Å². The molecule has 0 saturated heterocycles. The largest absolute Gasteiger partial charge is 0.316 e. The summed E-state index contributed by atoms with van der Waals surface area (Å²) in [6.45, 7) is 3.72. The quantitative estimate of drug-likeness (QED) is 0.850. The highest BCUT2D eigenvalue weighted by molar-refractivity contribution is 7.09. The Hall–Kier alpha value is -1.20. The van der Waals surface area contributed by atoms with E-state index >= 15 is 0 Å². The van der Waals surface area contributed by atoms with Crippen LogP contribution in [-0.4, -0.2) is 21.8 Å². The monoisotopic (exact) mass is 222 g/mol. The van der Waals surface area contributed by atoms with Crippen molar-refractivity contribution in [1.82, 2.24) is 20.1 Å². The molecule has 0 aliphatic rings. The first kappa shape index (κ1) is 10.3. The van der Waals surface area contributed by atoms with Gasteiger partial charge in [-0.2, -0.15) is 5.10 Å². The molecule has 0 bridgehead atoms. The Morgan fingerprint density at radius 3 is 3.07 bits per heavy atom. The number of aromatic nitrogens is 3. The van der Waals surface area contributed by atoms with E-state index in [1.54, 1.807) is 11.3 Å². The van der Waals surface area contributed by atoms with E-state index in [0.717, 1.165) is 18.8 Å². The first-order valence-electron chi connectivity index (χ1n) is 4.84. The molecule has 2 rings (SSSR count). The van der Waals surface area contributed by atoms with Gasteiger partial charge in [0.1, 0.15) is 0 Å². The minimum atomic E-state index is 0.815.